The van der Waals surface area contributed by atoms with Crippen LogP contribution in [0.5, 0.6) is 0 Å². The molecule has 0 spiro atoms. The minimum atomic E-state index is -4.10. The Morgan fingerprint density at radius 1 is 0.920 bits per heavy atom. The van der Waals surface area contributed by atoms with Crippen LogP contribution < -0.4 is 21.3 Å². The minimum Gasteiger partial charge on any atom is -0.463 e. The van der Waals surface area contributed by atoms with Crippen LogP contribution in [0.25, 0.3) is 0 Å². The maximum absolute atomic E-state index is 13.5. The second-order valence-corrected chi connectivity index (χ2v) is 15.3. The Hall–Kier alpha value is -4.47. The Bertz CT molecular complexity index is 1600. The third-order valence-electron chi connectivity index (χ3n) is 6.70. The van der Waals surface area contributed by atoms with Crippen molar-refractivity contribution in [3.8, 4) is 0 Å². The van der Waals surface area contributed by atoms with Gasteiger partial charge in [-0.15, -0.1) is 13.2 Å². The first kappa shape index (κ1) is 43.6. The fourth-order valence-corrected chi connectivity index (χ4v) is 5.08. The van der Waals surface area contributed by atoms with Crippen molar-refractivity contribution in [2.24, 2.45) is 21.6 Å². The van der Waals surface area contributed by atoms with Crippen molar-refractivity contribution < 1.29 is 37.2 Å². The molecule has 0 heterocycles. The highest BCUT2D eigenvalue weighted by Gasteiger charge is 2.34. The number of hydrogen-bond donors (Lipinski definition) is 4. The number of likely N-dealkylation sites (N-methyl/N-ethyl adjacent to an activating group) is 1. The molecule has 0 radical (unpaired) electrons. The number of sulfonamides is 1. The Morgan fingerprint density at radius 3 is 1.96 bits per heavy atom. The zero-order valence-electron chi connectivity index (χ0n) is 29.8. The molecule has 0 aliphatic heterocycles. The molecule has 14 nitrogen and oxygen atoms in total. The summed E-state index contributed by atoms with van der Waals surface area (Å²) < 4.78 is 33.7. The zero-order chi connectivity index (χ0) is 38.4. The van der Waals surface area contributed by atoms with E-state index in [1.54, 1.807) is 77.9 Å². The van der Waals surface area contributed by atoms with E-state index in [2.05, 4.69) is 33.7 Å². The lowest BCUT2D eigenvalue weighted by Crippen LogP contribution is -2.55. The van der Waals surface area contributed by atoms with Gasteiger partial charge >= 0.3 is 11.9 Å². The SMILES string of the molecule is C=C.C[C@@H](C(=O)NCc1ccc(N=C(N)NOC(=O)C(C)(C)C)cc1)N(C)C(=O)[C@@H](COC(=O)C(C)(C)C)NS(=O)(=O)Cc1ccc(Cl)cc1. The molecule has 0 aliphatic carbocycles. The number of carbonyl (C=O) groups excluding carboxylic acids is 4. The highest BCUT2D eigenvalue weighted by atomic mass is 35.5. The number of benzene rings is 2. The molecule has 0 fully saturated rings. The van der Waals surface area contributed by atoms with Crippen LogP contribution in [-0.2, 0) is 51.1 Å². The van der Waals surface area contributed by atoms with Crippen molar-refractivity contribution in [1.29, 1.82) is 0 Å². The van der Waals surface area contributed by atoms with E-state index in [1.807, 2.05) is 0 Å². The van der Waals surface area contributed by atoms with Crippen molar-refractivity contribution in [3.63, 3.8) is 0 Å². The first-order valence-corrected chi connectivity index (χ1v) is 17.5. The summed E-state index contributed by atoms with van der Waals surface area (Å²) in [6.45, 7) is 16.9. The standard InChI is InChI=1S/C32H45ClN6O8S.C2H4/c1-20(26(40)35-17-21-11-15-24(16-12-21)36-30(34)37-47-29(43)32(5,6)7)39(8)27(41)25(18-46-28(42)31(2,3)4)38-48(44,45)19-22-9-13-23(33)14-10-22;1-2/h9-16,20,25,38H,17-19H2,1-8H3,(H,35,40)(H3,34,36,37);1-2H2/t20-,25+;/m0./s1. The molecule has 2 rings (SSSR count). The summed E-state index contributed by atoms with van der Waals surface area (Å²) in [5.74, 6) is -3.03. The molecule has 0 unspecified atom stereocenters. The summed E-state index contributed by atoms with van der Waals surface area (Å²) in [6, 6.07) is 10.3. The van der Waals surface area contributed by atoms with E-state index in [1.165, 1.54) is 26.1 Å². The molecule has 0 bridgehead atoms. The third kappa shape index (κ3) is 15.0. The lowest BCUT2D eigenvalue weighted by Gasteiger charge is -2.29. The summed E-state index contributed by atoms with van der Waals surface area (Å²) in [6.07, 6.45) is 0. The quantitative estimate of drug-likeness (QED) is 0.0819. The lowest BCUT2D eigenvalue weighted by atomic mass is 9.97. The fraction of sp³-hybridized carbons (Fsp3) is 0.441. The molecule has 2 amide bonds. The van der Waals surface area contributed by atoms with Gasteiger partial charge in [0.25, 0.3) is 0 Å². The molecule has 5 N–H and O–H groups in total. The predicted octanol–water partition coefficient (Wildman–Crippen LogP) is 3.72. The van der Waals surface area contributed by atoms with Crippen molar-refractivity contribution in [1.82, 2.24) is 20.4 Å². The van der Waals surface area contributed by atoms with Gasteiger partial charge in [0.1, 0.15) is 18.7 Å². The van der Waals surface area contributed by atoms with Crippen LogP contribution in [0, 0.1) is 10.8 Å². The Balaban J connectivity index is 0.00000613. The number of esters is 1. The van der Waals surface area contributed by atoms with Crippen LogP contribution in [0.4, 0.5) is 5.69 Å². The van der Waals surface area contributed by atoms with Gasteiger partial charge in [0, 0.05) is 18.6 Å². The number of nitrogens with one attached hydrogen (secondary N) is 3. The molecule has 50 heavy (non-hydrogen) atoms. The Morgan fingerprint density at radius 2 is 1.44 bits per heavy atom. The summed E-state index contributed by atoms with van der Waals surface area (Å²) >= 11 is 5.89. The number of hydrogen-bond acceptors (Lipinski definition) is 9. The number of aliphatic imine (C=N–C) groups is 1. The molecule has 2 aromatic carbocycles. The number of hydroxylamine groups is 1. The summed E-state index contributed by atoms with van der Waals surface area (Å²) in [7, 11) is -2.75. The molecule has 276 valence electrons. The van der Waals surface area contributed by atoms with E-state index >= 15 is 0 Å². The van der Waals surface area contributed by atoms with Gasteiger partial charge in [-0.1, -0.05) is 35.9 Å². The van der Waals surface area contributed by atoms with Gasteiger partial charge in [-0.05, 0) is 83.9 Å². The highest BCUT2D eigenvalue weighted by Crippen LogP contribution is 2.18. The number of ether oxygens (including phenoxy) is 1. The summed E-state index contributed by atoms with van der Waals surface area (Å²) in [5, 5.41) is 3.17. The van der Waals surface area contributed by atoms with Gasteiger partial charge in [-0.2, -0.15) is 10.2 Å². The normalized spacial score (nSPS) is 13.1. The molecular formula is C34H49ClN6O8S. The summed E-state index contributed by atoms with van der Waals surface area (Å²) in [4.78, 5) is 60.9. The van der Waals surface area contributed by atoms with Gasteiger partial charge in [0.05, 0.1) is 22.3 Å². The van der Waals surface area contributed by atoms with Gasteiger partial charge in [-0.25, -0.2) is 18.2 Å². The molecule has 2 aromatic rings. The predicted molar refractivity (Wildman–Crippen MR) is 193 cm³/mol. The number of rotatable bonds is 12. The second kappa shape index (κ2) is 19.1. The first-order chi connectivity index (χ1) is 23.1. The van der Waals surface area contributed by atoms with E-state index in [-0.39, 0.29) is 12.5 Å². The van der Waals surface area contributed by atoms with Crippen LogP contribution in [0.1, 0.15) is 59.6 Å². The highest BCUT2D eigenvalue weighted by molar-refractivity contribution is 7.88. The number of guanidine groups is 1. The van der Waals surface area contributed by atoms with E-state index in [4.69, 9.17) is 26.9 Å². The molecule has 0 aromatic heterocycles. The number of amides is 2. The van der Waals surface area contributed by atoms with Crippen LogP contribution in [0.3, 0.4) is 0 Å². The van der Waals surface area contributed by atoms with Crippen LogP contribution >= 0.6 is 11.6 Å². The largest absolute Gasteiger partial charge is 0.463 e. The molecule has 16 heteroatoms. The maximum Gasteiger partial charge on any atom is 0.337 e. The minimum absolute atomic E-state index is 0.104. The fourth-order valence-electron chi connectivity index (χ4n) is 3.64. The van der Waals surface area contributed by atoms with Gasteiger partial charge < -0.3 is 25.5 Å². The monoisotopic (exact) mass is 736 g/mol. The average molecular weight is 737 g/mol. The third-order valence-corrected chi connectivity index (χ3v) is 8.31. The number of nitrogens with zero attached hydrogens (tertiary/aromatic N) is 2. The van der Waals surface area contributed by atoms with Crippen molar-refractivity contribution in [3.05, 3.63) is 77.8 Å². The van der Waals surface area contributed by atoms with Gasteiger partial charge in [-0.3, -0.25) is 14.4 Å². The van der Waals surface area contributed by atoms with Crippen molar-refractivity contribution in [2.45, 2.75) is 72.8 Å². The zero-order valence-corrected chi connectivity index (χ0v) is 31.4. The number of nitrogens with two attached hydrogens (primary N) is 1. The smallest absolute Gasteiger partial charge is 0.337 e. The maximum atomic E-state index is 13.5. The Labute approximate surface area is 299 Å². The van der Waals surface area contributed by atoms with E-state index < -0.39 is 69.0 Å². The Kier molecular flexibility index (Phi) is 16.6. The van der Waals surface area contributed by atoms with Crippen LogP contribution in [-0.4, -0.2) is 68.8 Å². The van der Waals surface area contributed by atoms with Gasteiger partial charge in [0.15, 0.2) is 0 Å². The molecular weight excluding hydrogens is 688 g/mol. The van der Waals surface area contributed by atoms with Gasteiger partial charge in [0.2, 0.25) is 27.8 Å². The van der Waals surface area contributed by atoms with Crippen LogP contribution in [0.15, 0.2) is 66.7 Å². The van der Waals surface area contributed by atoms with Crippen molar-refractivity contribution in [2.75, 3.05) is 13.7 Å². The first-order valence-electron chi connectivity index (χ1n) is 15.5. The lowest BCUT2D eigenvalue weighted by molar-refractivity contribution is -0.157. The topological polar surface area (TPSA) is 199 Å². The summed E-state index contributed by atoms with van der Waals surface area (Å²) in [5.41, 5.74) is 8.03. The van der Waals surface area contributed by atoms with E-state index in [0.717, 1.165) is 4.90 Å². The number of halogens is 1. The molecule has 2 atom stereocenters. The average Bonchev–Trinajstić information content (AvgIpc) is 3.04. The number of carbonyl (C=O) groups is 4. The molecule has 0 saturated heterocycles. The van der Waals surface area contributed by atoms with Crippen LogP contribution in [0.2, 0.25) is 5.02 Å². The molecule has 0 aliphatic rings. The van der Waals surface area contributed by atoms with E-state index in [9.17, 15) is 27.6 Å². The van der Waals surface area contributed by atoms with E-state index in [0.29, 0.717) is 21.8 Å². The second-order valence-electron chi connectivity index (χ2n) is 13.2. The molecule has 0 saturated carbocycles. The van der Waals surface area contributed by atoms with Crippen molar-refractivity contribution >= 4 is 57.0 Å².